The Morgan fingerprint density at radius 1 is 1.35 bits per heavy atom. The van der Waals surface area contributed by atoms with Crippen LogP contribution < -0.4 is 15.8 Å². The number of ether oxygens (including phenoxy) is 1. The fourth-order valence-corrected chi connectivity index (χ4v) is 1.81. The molecule has 0 saturated heterocycles. The first-order valence-corrected chi connectivity index (χ1v) is 6.58. The quantitative estimate of drug-likeness (QED) is 0.789. The molecule has 2 aromatic rings. The Bertz CT molecular complexity index is 586. The third kappa shape index (κ3) is 3.89. The summed E-state index contributed by atoms with van der Waals surface area (Å²) in [5, 5.41) is 3.20. The molecule has 0 aliphatic carbocycles. The Morgan fingerprint density at radius 3 is 2.85 bits per heavy atom. The van der Waals surface area contributed by atoms with Crippen LogP contribution in [-0.2, 0) is 6.42 Å². The minimum absolute atomic E-state index is 0.250. The molecule has 0 saturated carbocycles. The van der Waals surface area contributed by atoms with Crippen LogP contribution in [0.1, 0.15) is 11.3 Å². The molecule has 1 aromatic carbocycles. The van der Waals surface area contributed by atoms with Crippen LogP contribution >= 0.6 is 12.2 Å². The summed E-state index contributed by atoms with van der Waals surface area (Å²) in [6, 6.07) is 7.98. The van der Waals surface area contributed by atoms with Crippen LogP contribution in [0, 0.1) is 0 Å². The maximum absolute atomic E-state index is 5.46. The van der Waals surface area contributed by atoms with Gasteiger partial charge in [0.25, 0.3) is 0 Å². The molecule has 0 fully saturated rings. The van der Waals surface area contributed by atoms with Crippen molar-refractivity contribution in [1.29, 1.82) is 0 Å². The third-order valence-electron chi connectivity index (χ3n) is 2.76. The molecule has 5 nitrogen and oxygen atoms in total. The largest absolute Gasteiger partial charge is 0.497 e. The molecule has 3 N–H and O–H groups in total. The number of aromatic nitrogens is 2. The van der Waals surface area contributed by atoms with Crippen LogP contribution in [0.15, 0.2) is 36.7 Å². The molecule has 0 atom stereocenters. The molecule has 0 aliphatic heterocycles. The molecule has 6 heteroatoms. The molecular formula is C14H16N4OS. The number of hydrogen-bond donors (Lipinski definition) is 2. The van der Waals surface area contributed by atoms with Crippen LogP contribution in [0.2, 0.25) is 0 Å². The number of nitrogens with zero attached hydrogens (tertiary/aromatic N) is 2. The van der Waals surface area contributed by atoms with Gasteiger partial charge in [-0.25, -0.2) is 9.97 Å². The average molecular weight is 288 g/mol. The smallest absolute Gasteiger partial charge is 0.144 e. The van der Waals surface area contributed by atoms with Gasteiger partial charge < -0.3 is 15.8 Å². The number of rotatable bonds is 6. The van der Waals surface area contributed by atoms with Crippen molar-refractivity contribution in [2.24, 2.45) is 5.73 Å². The van der Waals surface area contributed by atoms with E-state index < -0.39 is 0 Å². The zero-order chi connectivity index (χ0) is 14.4. The van der Waals surface area contributed by atoms with Crippen molar-refractivity contribution in [3.8, 4) is 5.75 Å². The SMILES string of the molecule is COc1cccc(CCNc2cnc(C(N)=S)cn2)c1. The molecule has 20 heavy (non-hydrogen) atoms. The maximum atomic E-state index is 5.46. The number of nitrogens with one attached hydrogen (secondary N) is 1. The third-order valence-corrected chi connectivity index (χ3v) is 2.97. The highest BCUT2D eigenvalue weighted by molar-refractivity contribution is 7.80. The molecular weight excluding hydrogens is 272 g/mol. The predicted molar refractivity (Wildman–Crippen MR) is 83.1 cm³/mol. The summed E-state index contributed by atoms with van der Waals surface area (Å²) in [4.78, 5) is 8.57. The van der Waals surface area contributed by atoms with E-state index in [9.17, 15) is 0 Å². The molecule has 104 valence electrons. The first kappa shape index (κ1) is 14.2. The lowest BCUT2D eigenvalue weighted by Crippen LogP contribution is -2.13. The monoisotopic (exact) mass is 288 g/mol. The predicted octanol–water partition coefficient (Wildman–Crippen LogP) is 1.77. The van der Waals surface area contributed by atoms with E-state index in [1.165, 1.54) is 5.56 Å². The molecule has 0 unspecified atom stereocenters. The van der Waals surface area contributed by atoms with Crippen molar-refractivity contribution in [3.05, 3.63) is 47.9 Å². The van der Waals surface area contributed by atoms with Gasteiger partial charge in [-0.3, -0.25) is 0 Å². The molecule has 0 radical (unpaired) electrons. The number of hydrogen-bond acceptors (Lipinski definition) is 5. The highest BCUT2D eigenvalue weighted by Gasteiger charge is 2.00. The summed E-state index contributed by atoms with van der Waals surface area (Å²) >= 11 is 4.82. The highest BCUT2D eigenvalue weighted by Crippen LogP contribution is 2.13. The number of nitrogens with two attached hydrogens (primary N) is 1. The van der Waals surface area contributed by atoms with Gasteiger partial charge in [-0.2, -0.15) is 0 Å². The summed E-state index contributed by atoms with van der Waals surface area (Å²) in [6.07, 6.45) is 4.06. The topological polar surface area (TPSA) is 73.1 Å². The zero-order valence-electron chi connectivity index (χ0n) is 11.2. The molecule has 2 rings (SSSR count). The van der Waals surface area contributed by atoms with Gasteiger partial charge in [0.15, 0.2) is 0 Å². The highest BCUT2D eigenvalue weighted by atomic mass is 32.1. The second kappa shape index (κ2) is 6.81. The van der Waals surface area contributed by atoms with E-state index in [2.05, 4.69) is 21.4 Å². The van der Waals surface area contributed by atoms with Gasteiger partial charge in [0.1, 0.15) is 22.2 Å². The van der Waals surface area contributed by atoms with E-state index in [0.717, 1.165) is 18.7 Å². The van der Waals surface area contributed by atoms with Crippen molar-refractivity contribution in [2.45, 2.75) is 6.42 Å². The van der Waals surface area contributed by atoms with Gasteiger partial charge in [-0.05, 0) is 24.1 Å². The Kier molecular flexibility index (Phi) is 4.84. The molecule has 0 aliphatic rings. The van der Waals surface area contributed by atoms with Crippen LogP contribution in [0.3, 0.4) is 0 Å². The van der Waals surface area contributed by atoms with Crippen molar-refractivity contribution in [3.63, 3.8) is 0 Å². The standard InChI is InChI=1S/C14H16N4OS/c1-19-11-4-2-3-10(7-11)5-6-16-13-9-17-12(8-18-13)14(15)20/h2-4,7-9H,5-6H2,1H3,(H2,15,20)(H,16,18). The lowest BCUT2D eigenvalue weighted by Gasteiger charge is -2.07. The Labute approximate surface area is 123 Å². The summed E-state index contributed by atoms with van der Waals surface area (Å²) < 4.78 is 5.19. The lowest BCUT2D eigenvalue weighted by molar-refractivity contribution is 0.414. The Hall–Kier alpha value is -2.21. The fraction of sp³-hybridized carbons (Fsp3) is 0.214. The van der Waals surface area contributed by atoms with E-state index in [1.807, 2.05) is 18.2 Å². The number of anilines is 1. The van der Waals surface area contributed by atoms with Gasteiger partial charge in [0.05, 0.1) is 19.5 Å². The van der Waals surface area contributed by atoms with Gasteiger partial charge in [0.2, 0.25) is 0 Å². The van der Waals surface area contributed by atoms with Gasteiger partial charge in [0, 0.05) is 6.54 Å². The minimum atomic E-state index is 0.250. The van der Waals surface area contributed by atoms with Crippen LogP contribution in [0.4, 0.5) is 5.82 Å². The number of thiocarbonyl (C=S) groups is 1. The van der Waals surface area contributed by atoms with E-state index in [-0.39, 0.29) is 4.99 Å². The first-order valence-electron chi connectivity index (χ1n) is 6.17. The minimum Gasteiger partial charge on any atom is -0.497 e. The zero-order valence-corrected chi connectivity index (χ0v) is 12.0. The first-order chi connectivity index (χ1) is 9.69. The second-order valence-electron chi connectivity index (χ2n) is 4.18. The molecule has 0 amide bonds. The maximum Gasteiger partial charge on any atom is 0.144 e. The summed E-state index contributed by atoms with van der Waals surface area (Å²) in [5.41, 5.74) is 7.19. The van der Waals surface area contributed by atoms with E-state index in [4.69, 9.17) is 22.7 Å². The van der Waals surface area contributed by atoms with Crippen molar-refractivity contribution in [2.75, 3.05) is 19.0 Å². The molecule has 0 bridgehead atoms. The summed E-state index contributed by atoms with van der Waals surface area (Å²) in [7, 11) is 1.66. The fourth-order valence-electron chi connectivity index (χ4n) is 1.71. The second-order valence-corrected chi connectivity index (χ2v) is 4.62. The molecule has 0 spiro atoms. The van der Waals surface area contributed by atoms with Crippen molar-refractivity contribution in [1.82, 2.24) is 9.97 Å². The number of methoxy groups -OCH3 is 1. The molecule has 1 aromatic heterocycles. The van der Waals surface area contributed by atoms with E-state index in [1.54, 1.807) is 19.5 Å². The Balaban J connectivity index is 1.87. The Morgan fingerprint density at radius 2 is 2.20 bits per heavy atom. The summed E-state index contributed by atoms with van der Waals surface area (Å²) in [6.45, 7) is 0.758. The van der Waals surface area contributed by atoms with Crippen LogP contribution in [0.25, 0.3) is 0 Å². The van der Waals surface area contributed by atoms with Gasteiger partial charge >= 0.3 is 0 Å². The van der Waals surface area contributed by atoms with E-state index >= 15 is 0 Å². The van der Waals surface area contributed by atoms with Gasteiger partial charge in [-0.1, -0.05) is 24.4 Å². The van der Waals surface area contributed by atoms with Gasteiger partial charge in [-0.15, -0.1) is 0 Å². The normalized spacial score (nSPS) is 10.1. The van der Waals surface area contributed by atoms with Crippen LogP contribution in [-0.4, -0.2) is 28.6 Å². The van der Waals surface area contributed by atoms with Crippen molar-refractivity contribution >= 4 is 23.0 Å². The van der Waals surface area contributed by atoms with E-state index in [0.29, 0.717) is 11.5 Å². The summed E-state index contributed by atoms with van der Waals surface area (Å²) in [5.74, 6) is 1.57. The average Bonchev–Trinajstić information content (AvgIpc) is 2.48. The van der Waals surface area contributed by atoms with Crippen LogP contribution in [0.5, 0.6) is 5.75 Å². The molecule has 1 heterocycles. The lowest BCUT2D eigenvalue weighted by atomic mass is 10.1. The number of benzene rings is 1. The van der Waals surface area contributed by atoms with Crippen molar-refractivity contribution < 1.29 is 4.74 Å².